The van der Waals surface area contributed by atoms with Crippen LogP contribution >= 0.6 is 24.0 Å². The molecule has 164 valence electrons. The topological polar surface area (TPSA) is 43.3 Å². The molecule has 0 saturated carbocycles. The molecule has 7 heteroatoms. The molecule has 2 aliphatic rings. The van der Waals surface area contributed by atoms with E-state index < -0.39 is 0 Å². The number of halogens is 1. The highest BCUT2D eigenvalue weighted by Crippen LogP contribution is 2.28. The van der Waals surface area contributed by atoms with Crippen molar-refractivity contribution in [2.75, 3.05) is 71.4 Å². The van der Waals surface area contributed by atoms with Gasteiger partial charge in [-0.1, -0.05) is 12.1 Å². The number of benzene rings is 1. The van der Waals surface area contributed by atoms with Gasteiger partial charge in [0.05, 0.1) is 12.8 Å². The average molecular weight is 515 g/mol. The SMILES string of the molecule is CCNC(=NCCC1CCN(C)CC1)N1CCN(c2ccccc2OC)CC1.I. The summed E-state index contributed by atoms with van der Waals surface area (Å²) in [6.07, 6.45) is 3.85. The molecule has 2 saturated heterocycles. The molecule has 0 atom stereocenters. The van der Waals surface area contributed by atoms with E-state index in [1.807, 2.05) is 12.1 Å². The van der Waals surface area contributed by atoms with E-state index in [4.69, 9.17) is 9.73 Å². The van der Waals surface area contributed by atoms with Crippen molar-refractivity contribution in [3.05, 3.63) is 24.3 Å². The molecule has 2 fully saturated rings. The Bertz CT molecular complexity index is 625. The lowest BCUT2D eigenvalue weighted by molar-refractivity contribution is 0.214. The van der Waals surface area contributed by atoms with E-state index in [9.17, 15) is 0 Å². The summed E-state index contributed by atoms with van der Waals surface area (Å²) in [5.41, 5.74) is 1.19. The van der Waals surface area contributed by atoms with E-state index in [0.29, 0.717) is 0 Å². The van der Waals surface area contributed by atoms with Gasteiger partial charge in [-0.25, -0.2) is 0 Å². The van der Waals surface area contributed by atoms with E-state index in [2.05, 4.69) is 46.1 Å². The highest BCUT2D eigenvalue weighted by Gasteiger charge is 2.22. The molecule has 0 bridgehead atoms. The highest BCUT2D eigenvalue weighted by atomic mass is 127. The number of rotatable bonds is 6. The van der Waals surface area contributed by atoms with Crippen molar-refractivity contribution in [3.8, 4) is 5.75 Å². The second-order valence-electron chi connectivity index (χ2n) is 7.92. The van der Waals surface area contributed by atoms with Gasteiger partial charge in [-0.3, -0.25) is 4.99 Å². The number of nitrogens with one attached hydrogen (secondary N) is 1. The van der Waals surface area contributed by atoms with Crippen LogP contribution in [0.1, 0.15) is 26.2 Å². The van der Waals surface area contributed by atoms with Crippen LogP contribution in [0.3, 0.4) is 0 Å². The fraction of sp³-hybridized carbons (Fsp3) is 0.682. The Kier molecular flexibility index (Phi) is 10.3. The molecule has 3 rings (SSSR count). The maximum Gasteiger partial charge on any atom is 0.194 e. The minimum Gasteiger partial charge on any atom is -0.495 e. The summed E-state index contributed by atoms with van der Waals surface area (Å²) in [4.78, 5) is 12.2. The number of hydrogen-bond donors (Lipinski definition) is 1. The molecule has 6 nitrogen and oxygen atoms in total. The Labute approximate surface area is 193 Å². The zero-order chi connectivity index (χ0) is 19.8. The Balaban J connectivity index is 0.00000300. The molecular weight excluding hydrogens is 477 g/mol. The van der Waals surface area contributed by atoms with Crippen LogP contribution in [0.4, 0.5) is 5.69 Å². The molecule has 0 amide bonds. The molecule has 2 aliphatic heterocycles. The number of hydrogen-bond acceptors (Lipinski definition) is 4. The van der Waals surface area contributed by atoms with Crippen molar-refractivity contribution < 1.29 is 4.74 Å². The van der Waals surface area contributed by atoms with Crippen LogP contribution in [0.2, 0.25) is 0 Å². The number of methoxy groups -OCH3 is 1. The standard InChI is InChI=1S/C22H37N5O.HI/c1-4-23-22(24-12-9-19-10-13-25(2)14-11-19)27-17-15-26(16-18-27)20-7-5-6-8-21(20)28-3;/h5-8,19H,4,9-18H2,1-3H3,(H,23,24);1H. The summed E-state index contributed by atoms with van der Waals surface area (Å²) in [6, 6.07) is 8.29. The Morgan fingerprint density at radius 1 is 1.10 bits per heavy atom. The summed E-state index contributed by atoms with van der Waals surface area (Å²) in [5, 5.41) is 3.50. The molecule has 0 radical (unpaired) electrons. The van der Waals surface area contributed by atoms with E-state index in [0.717, 1.165) is 56.9 Å². The zero-order valence-corrected chi connectivity index (χ0v) is 20.6. The Morgan fingerprint density at radius 2 is 1.79 bits per heavy atom. The average Bonchev–Trinajstić information content (AvgIpc) is 2.74. The zero-order valence-electron chi connectivity index (χ0n) is 18.3. The van der Waals surface area contributed by atoms with Crippen molar-refractivity contribution >= 4 is 35.6 Å². The van der Waals surface area contributed by atoms with Gasteiger partial charge in [0.25, 0.3) is 0 Å². The lowest BCUT2D eigenvalue weighted by atomic mass is 9.94. The number of para-hydroxylation sites is 2. The highest BCUT2D eigenvalue weighted by molar-refractivity contribution is 14.0. The first kappa shape index (κ1) is 24.1. The first-order valence-electron chi connectivity index (χ1n) is 10.8. The van der Waals surface area contributed by atoms with Crippen molar-refractivity contribution in [1.29, 1.82) is 0 Å². The van der Waals surface area contributed by atoms with Gasteiger partial charge in [0.2, 0.25) is 0 Å². The summed E-state index contributed by atoms with van der Waals surface area (Å²) in [5.74, 6) is 2.87. The van der Waals surface area contributed by atoms with Crippen LogP contribution in [0, 0.1) is 5.92 Å². The van der Waals surface area contributed by atoms with Crippen LogP contribution in [0.5, 0.6) is 5.75 Å². The van der Waals surface area contributed by atoms with E-state index in [-0.39, 0.29) is 24.0 Å². The Hall–Kier alpha value is -1.22. The van der Waals surface area contributed by atoms with Gasteiger partial charge in [0.1, 0.15) is 5.75 Å². The minimum absolute atomic E-state index is 0. The predicted octanol–water partition coefficient (Wildman–Crippen LogP) is 3.13. The van der Waals surface area contributed by atoms with Crippen molar-refractivity contribution in [2.45, 2.75) is 26.2 Å². The lowest BCUT2D eigenvalue weighted by Crippen LogP contribution is -2.52. The molecule has 2 heterocycles. The van der Waals surface area contributed by atoms with E-state index >= 15 is 0 Å². The van der Waals surface area contributed by atoms with Gasteiger partial charge in [-0.2, -0.15) is 0 Å². The van der Waals surface area contributed by atoms with Gasteiger partial charge < -0.3 is 24.8 Å². The third kappa shape index (κ3) is 6.91. The van der Waals surface area contributed by atoms with Gasteiger partial charge in [-0.05, 0) is 64.4 Å². The lowest BCUT2D eigenvalue weighted by Gasteiger charge is -2.38. The number of aliphatic imine (C=N–C) groups is 1. The first-order valence-corrected chi connectivity index (χ1v) is 10.8. The molecule has 1 aromatic rings. The summed E-state index contributed by atoms with van der Waals surface area (Å²) < 4.78 is 5.53. The van der Waals surface area contributed by atoms with Gasteiger partial charge >= 0.3 is 0 Å². The molecular formula is C22H38IN5O. The quantitative estimate of drug-likeness (QED) is 0.359. The number of anilines is 1. The van der Waals surface area contributed by atoms with Crippen LogP contribution in [0.15, 0.2) is 29.3 Å². The maximum absolute atomic E-state index is 5.53. The fourth-order valence-corrected chi connectivity index (χ4v) is 4.18. The van der Waals surface area contributed by atoms with Gasteiger partial charge in [0, 0.05) is 39.3 Å². The Morgan fingerprint density at radius 3 is 2.45 bits per heavy atom. The molecule has 0 aliphatic carbocycles. The molecule has 0 aromatic heterocycles. The van der Waals surface area contributed by atoms with Crippen LogP contribution in [0.25, 0.3) is 0 Å². The fourth-order valence-electron chi connectivity index (χ4n) is 4.18. The first-order chi connectivity index (χ1) is 13.7. The third-order valence-electron chi connectivity index (χ3n) is 5.98. The molecule has 1 aromatic carbocycles. The molecule has 1 N–H and O–H groups in total. The van der Waals surface area contributed by atoms with Crippen molar-refractivity contribution in [3.63, 3.8) is 0 Å². The maximum atomic E-state index is 5.53. The molecule has 0 unspecified atom stereocenters. The van der Waals surface area contributed by atoms with E-state index in [1.54, 1.807) is 7.11 Å². The number of likely N-dealkylation sites (tertiary alicyclic amines) is 1. The van der Waals surface area contributed by atoms with Crippen LogP contribution in [-0.2, 0) is 0 Å². The smallest absolute Gasteiger partial charge is 0.194 e. The van der Waals surface area contributed by atoms with Crippen LogP contribution < -0.4 is 15.0 Å². The summed E-state index contributed by atoms with van der Waals surface area (Å²) in [7, 11) is 3.97. The number of nitrogens with zero attached hydrogens (tertiary/aromatic N) is 4. The van der Waals surface area contributed by atoms with Crippen molar-refractivity contribution in [2.24, 2.45) is 10.9 Å². The predicted molar refractivity (Wildman–Crippen MR) is 133 cm³/mol. The third-order valence-corrected chi connectivity index (χ3v) is 5.98. The van der Waals surface area contributed by atoms with Gasteiger partial charge in [-0.15, -0.1) is 24.0 Å². The summed E-state index contributed by atoms with van der Waals surface area (Å²) in [6.45, 7) is 10.4. The minimum atomic E-state index is 0. The number of piperidine rings is 1. The number of ether oxygens (including phenoxy) is 1. The second-order valence-corrected chi connectivity index (χ2v) is 7.92. The van der Waals surface area contributed by atoms with Crippen LogP contribution in [-0.4, -0.2) is 82.3 Å². The van der Waals surface area contributed by atoms with Crippen molar-refractivity contribution in [1.82, 2.24) is 15.1 Å². The number of guanidine groups is 1. The number of piperazine rings is 1. The van der Waals surface area contributed by atoms with E-state index in [1.165, 1.54) is 38.0 Å². The normalized spacial score (nSPS) is 19.1. The molecule has 0 spiro atoms. The molecule has 29 heavy (non-hydrogen) atoms. The monoisotopic (exact) mass is 515 g/mol. The largest absolute Gasteiger partial charge is 0.495 e. The second kappa shape index (κ2) is 12.5. The summed E-state index contributed by atoms with van der Waals surface area (Å²) >= 11 is 0. The van der Waals surface area contributed by atoms with Gasteiger partial charge in [0.15, 0.2) is 5.96 Å².